The summed E-state index contributed by atoms with van der Waals surface area (Å²) < 4.78 is 6.22. The summed E-state index contributed by atoms with van der Waals surface area (Å²) in [4.78, 5) is 11.7. The van der Waals surface area contributed by atoms with Crippen molar-refractivity contribution in [3.63, 3.8) is 0 Å². The molecule has 2 saturated heterocycles. The number of rotatable bonds is 2. The van der Waals surface area contributed by atoms with Gasteiger partial charge in [-0.25, -0.2) is 0 Å². The van der Waals surface area contributed by atoms with Gasteiger partial charge in [0.25, 0.3) is 0 Å². The fraction of sp³-hybridized carbons (Fsp3) is 0.900. The van der Waals surface area contributed by atoms with Crippen molar-refractivity contribution >= 4 is 5.97 Å². The van der Waals surface area contributed by atoms with Crippen molar-refractivity contribution in [2.24, 2.45) is 5.41 Å². The highest BCUT2D eigenvalue weighted by atomic mass is 16.5. The summed E-state index contributed by atoms with van der Waals surface area (Å²) in [5.74, 6) is 0.0503. The minimum absolute atomic E-state index is 0.0503. The molecule has 0 amide bonds. The number of carbonyl (C=O) groups excluding carboxylic acids is 1. The molecule has 0 aromatic heterocycles. The van der Waals surface area contributed by atoms with Crippen molar-refractivity contribution in [2.45, 2.75) is 19.8 Å². The maximum atomic E-state index is 11.7. The molecule has 2 bridgehead atoms. The van der Waals surface area contributed by atoms with E-state index in [2.05, 4.69) is 7.05 Å². The lowest BCUT2D eigenvalue weighted by molar-refractivity contribution is -0.889. The Morgan fingerprint density at radius 1 is 1.46 bits per heavy atom. The molecule has 74 valence electrons. The summed E-state index contributed by atoms with van der Waals surface area (Å²) in [6.45, 7) is 5.71. The molecular formula is C10H18NO2+. The van der Waals surface area contributed by atoms with Crippen molar-refractivity contribution in [3.8, 4) is 0 Å². The lowest BCUT2D eigenvalue weighted by Crippen LogP contribution is -2.38. The zero-order valence-corrected chi connectivity index (χ0v) is 8.51. The van der Waals surface area contributed by atoms with Crippen LogP contribution in [0.3, 0.4) is 0 Å². The number of nitrogens with zero attached hydrogens (tertiary/aromatic N) is 1. The third kappa shape index (κ3) is 1.26. The van der Waals surface area contributed by atoms with E-state index in [1.807, 2.05) is 6.92 Å². The number of piperidine rings is 1. The summed E-state index contributed by atoms with van der Waals surface area (Å²) in [7, 11) is 2.24. The van der Waals surface area contributed by atoms with Gasteiger partial charge < -0.3 is 9.22 Å². The molecule has 0 aliphatic carbocycles. The van der Waals surface area contributed by atoms with Crippen molar-refractivity contribution in [1.82, 2.24) is 0 Å². The van der Waals surface area contributed by atoms with Crippen molar-refractivity contribution in [1.29, 1.82) is 0 Å². The summed E-state index contributed by atoms with van der Waals surface area (Å²) in [5, 5.41) is 0. The first-order valence-corrected chi connectivity index (χ1v) is 5.11. The summed E-state index contributed by atoms with van der Waals surface area (Å²) in [6.07, 6.45) is 2.06. The number of esters is 1. The molecule has 2 fully saturated rings. The van der Waals surface area contributed by atoms with Gasteiger partial charge in [0.1, 0.15) is 5.41 Å². The Morgan fingerprint density at radius 2 is 2.08 bits per heavy atom. The second-order valence-corrected chi connectivity index (χ2v) is 4.73. The van der Waals surface area contributed by atoms with Crippen LogP contribution in [0.15, 0.2) is 0 Å². The SMILES string of the molecule is CCOC(=O)C12CC[N+](C)(CC1)C2. The van der Waals surface area contributed by atoms with Crippen LogP contribution in [0, 0.1) is 5.41 Å². The van der Waals surface area contributed by atoms with Gasteiger partial charge in [-0.15, -0.1) is 0 Å². The quantitative estimate of drug-likeness (QED) is 0.468. The lowest BCUT2D eigenvalue weighted by atomic mass is 9.85. The first kappa shape index (κ1) is 9.00. The van der Waals surface area contributed by atoms with Crippen molar-refractivity contribution in [2.75, 3.05) is 33.3 Å². The first-order chi connectivity index (χ1) is 6.10. The number of hydrogen-bond donors (Lipinski definition) is 0. The second kappa shape index (κ2) is 2.71. The Balaban J connectivity index is 2.11. The molecule has 3 nitrogen and oxygen atoms in total. The van der Waals surface area contributed by atoms with Crippen LogP contribution in [0.25, 0.3) is 0 Å². The highest BCUT2D eigenvalue weighted by Gasteiger charge is 2.58. The molecule has 2 rings (SSSR count). The number of ether oxygens (including phenoxy) is 1. The average molecular weight is 184 g/mol. The Kier molecular flexibility index (Phi) is 1.88. The third-order valence-electron chi connectivity index (χ3n) is 3.65. The molecule has 0 spiro atoms. The van der Waals surface area contributed by atoms with Gasteiger partial charge in [-0.05, 0) is 6.92 Å². The molecule has 0 aromatic carbocycles. The van der Waals surface area contributed by atoms with E-state index in [0.29, 0.717) is 6.61 Å². The number of fused-ring (bicyclic) bond motifs is 2. The normalized spacial score (nSPS) is 42.3. The minimum Gasteiger partial charge on any atom is -0.465 e. The Hall–Kier alpha value is -0.570. The van der Waals surface area contributed by atoms with Crippen LogP contribution in [-0.4, -0.2) is 43.7 Å². The van der Waals surface area contributed by atoms with Gasteiger partial charge in [-0.2, -0.15) is 0 Å². The van der Waals surface area contributed by atoms with Gasteiger partial charge in [0.05, 0.1) is 33.3 Å². The van der Waals surface area contributed by atoms with E-state index in [9.17, 15) is 4.79 Å². The molecular weight excluding hydrogens is 166 g/mol. The van der Waals surface area contributed by atoms with Crippen LogP contribution in [-0.2, 0) is 9.53 Å². The molecule has 0 radical (unpaired) electrons. The zero-order valence-electron chi connectivity index (χ0n) is 8.51. The maximum absolute atomic E-state index is 11.7. The average Bonchev–Trinajstić information content (AvgIpc) is 2.59. The minimum atomic E-state index is -0.106. The molecule has 13 heavy (non-hydrogen) atoms. The predicted octanol–water partition coefficient (Wildman–Crippen LogP) is 0.790. The third-order valence-corrected chi connectivity index (χ3v) is 3.65. The van der Waals surface area contributed by atoms with Gasteiger partial charge in [-0.3, -0.25) is 4.79 Å². The van der Waals surface area contributed by atoms with E-state index in [1.165, 1.54) is 0 Å². The fourth-order valence-corrected chi connectivity index (χ4v) is 2.80. The van der Waals surface area contributed by atoms with E-state index in [0.717, 1.165) is 37.0 Å². The van der Waals surface area contributed by atoms with Crippen LogP contribution in [0.1, 0.15) is 19.8 Å². The highest BCUT2D eigenvalue weighted by molar-refractivity contribution is 5.77. The smallest absolute Gasteiger partial charge is 0.318 e. The van der Waals surface area contributed by atoms with Gasteiger partial charge in [0.15, 0.2) is 0 Å². The number of hydrogen-bond acceptors (Lipinski definition) is 2. The lowest BCUT2D eigenvalue weighted by Gasteiger charge is -2.25. The van der Waals surface area contributed by atoms with Gasteiger partial charge in [0.2, 0.25) is 0 Å². The van der Waals surface area contributed by atoms with E-state index in [1.54, 1.807) is 0 Å². The van der Waals surface area contributed by atoms with E-state index >= 15 is 0 Å². The van der Waals surface area contributed by atoms with Gasteiger partial charge in [-0.1, -0.05) is 0 Å². The van der Waals surface area contributed by atoms with Crippen molar-refractivity contribution in [3.05, 3.63) is 0 Å². The molecule has 2 heterocycles. The molecule has 2 aliphatic heterocycles. The largest absolute Gasteiger partial charge is 0.465 e. The predicted molar refractivity (Wildman–Crippen MR) is 49.1 cm³/mol. The zero-order chi connectivity index (χ0) is 9.53. The first-order valence-electron chi connectivity index (χ1n) is 5.11. The van der Waals surface area contributed by atoms with Gasteiger partial charge in [0, 0.05) is 12.8 Å². The Morgan fingerprint density at radius 3 is 2.46 bits per heavy atom. The monoisotopic (exact) mass is 184 g/mol. The molecule has 3 heteroatoms. The standard InChI is InChI=1S/C10H18NO2/c1-3-13-9(12)10-4-6-11(2,8-10)7-5-10/h3-8H2,1-2H3/q+1. The Bertz CT molecular complexity index is 229. The summed E-state index contributed by atoms with van der Waals surface area (Å²) >= 11 is 0. The van der Waals surface area contributed by atoms with Crippen LogP contribution < -0.4 is 0 Å². The van der Waals surface area contributed by atoms with Crippen LogP contribution in [0.2, 0.25) is 0 Å². The molecule has 0 unspecified atom stereocenters. The van der Waals surface area contributed by atoms with E-state index in [4.69, 9.17) is 4.74 Å². The molecule has 0 atom stereocenters. The van der Waals surface area contributed by atoms with Gasteiger partial charge >= 0.3 is 5.97 Å². The number of carbonyl (C=O) groups is 1. The van der Waals surface area contributed by atoms with E-state index in [-0.39, 0.29) is 11.4 Å². The molecule has 0 aromatic rings. The molecule has 2 aliphatic rings. The Labute approximate surface area is 79.3 Å². The van der Waals surface area contributed by atoms with Crippen molar-refractivity contribution < 1.29 is 14.0 Å². The maximum Gasteiger partial charge on any atom is 0.318 e. The van der Waals surface area contributed by atoms with Crippen LogP contribution >= 0.6 is 0 Å². The molecule has 0 N–H and O–H groups in total. The summed E-state index contributed by atoms with van der Waals surface area (Å²) in [5.41, 5.74) is -0.106. The highest BCUT2D eigenvalue weighted by Crippen LogP contribution is 2.45. The second-order valence-electron chi connectivity index (χ2n) is 4.73. The molecule has 0 saturated carbocycles. The number of quaternary nitrogens is 1. The van der Waals surface area contributed by atoms with Crippen LogP contribution in [0.5, 0.6) is 0 Å². The van der Waals surface area contributed by atoms with Crippen LogP contribution in [0.4, 0.5) is 0 Å². The fourth-order valence-electron chi connectivity index (χ4n) is 2.80. The topological polar surface area (TPSA) is 26.3 Å². The van der Waals surface area contributed by atoms with E-state index < -0.39 is 0 Å². The summed E-state index contributed by atoms with van der Waals surface area (Å²) in [6, 6.07) is 0.